The molecule has 5 rings (SSSR count). The van der Waals surface area contributed by atoms with E-state index < -0.39 is 5.60 Å². The normalized spacial score (nSPS) is 15.7. The smallest absolute Gasteiger partial charge is 0.291 e. The lowest BCUT2D eigenvalue weighted by Gasteiger charge is -2.38. The van der Waals surface area contributed by atoms with Crippen LogP contribution in [0, 0.1) is 5.82 Å². The van der Waals surface area contributed by atoms with Gasteiger partial charge in [0, 0.05) is 30.6 Å². The number of fused-ring (bicyclic) bond motifs is 1. The molecule has 1 aromatic heterocycles. The van der Waals surface area contributed by atoms with Crippen molar-refractivity contribution < 1.29 is 23.4 Å². The van der Waals surface area contributed by atoms with Crippen LogP contribution >= 0.6 is 0 Å². The van der Waals surface area contributed by atoms with Crippen LogP contribution in [-0.4, -0.2) is 36.1 Å². The van der Waals surface area contributed by atoms with Crippen LogP contribution in [0.2, 0.25) is 0 Å². The number of hydrogen-bond acceptors (Lipinski definition) is 5. The second kappa shape index (κ2) is 9.52. The number of furan rings is 1. The monoisotopic (exact) mass is 474 g/mol. The summed E-state index contributed by atoms with van der Waals surface area (Å²) in [6, 6.07) is 21.1. The van der Waals surface area contributed by atoms with Gasteiger partial charge in [-0.05, 0) is 54.8 Å². The van der Waals surface area contributed by atoms with Crippen LogP contribution in [-0.2, 0) is 12.1 Å². The lowest BCUT2D eigenvalue weighted by atomic mass is 9.84. The molecule has 180 valence electrons. The number of para-hydroxylation sites is 2. The van der Waals surface area contributed by atoms with Crippen molar-refractivity contribution in [2.75, 3.05) is 25.5 Å². The molecule has 4 aromatic rings. The molecule has 0 spiro atoms. The van der Waals surface area contributed by atoms with Gasteiger partial charge in [-0.25, -0.2) is 4.39 Å². The summed E-state index contributed by atoms with van der Waals surface area (Å²) in [5.74, 6) is 0.147. The molecule has 1 fully saturated rings. The second-order valence-corrected chi connectivity index (χ2v) is 8.92. The Kier molecular flexibility index (Phi) is 6.28. The van der Waals surface area contributed by atoms with E-state index in [0.717, 1.165) is 10.9 Å². The van der Waals surface area contributed by atoms with Gasteiger partial charge in [0.1, 0.15) is 17.1 Å². The van der Waals surface area contributed by atoms with Crippen molar-refractivity contribution in [1.29, 1.82) is 0 Å². The van der Waals surface area contributed by atoms with E-state index in [-0.39, 0.29) is 17.5 Å². The molecular formula is C28H27FN2O4. The Balaban J connectivity index is 1.29. The van der Waals surface area contributed by atoms with Crippen molar-refractivity contribution in [1.82, 2.24) is 4.90 Å². The number of hydrogen-bond donors (Lipinski definition) is 2. The third-order valence-corrected chi connectivity index (χ3v) is 6.67. The van der Waals surface area contributed by atoms with E-state index in [9.17, 15) is 14.3 Å². The summed E-state index contributed by atoms with van der Waals surface area (Å²) >= 11 is 0. The van der Waals surface area contributed by atoms with E-state index >= 15 is 0 Å². The summed E-state index contributed by atoms with van der Waals surface area (Å²) in [4.78, 5) is 14.9. The molecule has 3 aromatic carbocycles. The Bertz CT molecular complexity index is 1360. The topological polar surface area (TPSA) is 74.9 Å². The van der Waals surface area contributed by atoms with E-state index in [4.69, 9.17) is 9.15 Å². The molecule has 7 heteroatoms. The maximum Gasteiger partial charge on any atom is 0.291 e. The summed E-state index contributed by atoms with van der Waals surface area (Å²) in [5, 5.41) is 14.9. The fourth-order valence-corrected chi connectivity index (χ4v) is 4.61. The van der Waals surface area contributed by atoms with Gasteiger partial charge < -0.3 is 19.6 Å². The minimum Gasteiger partial charge on any atom is -0.495 e. The van der Waals surface area contributed by atoms with Gasteiger partial charge in [0.05, 0.1) is 18.4 Å². The maximum absolute atomic E-state index is 14.0. The number of methoxy groups -OCH3 is 1. The highest BCUT2D eigenvalue weighted by atomic mass is 19.1. The third-order valence-electron chi connectivity index (χ3n) is 6.67. The molecule has 0 unspecified atom stereocenters. The van der Waals surface area contributed by atoms with Gasteiger partial charge in [-0.1, -0.05) is 36.4 Å². The molecule has 0 bridgehead atoms. The molecule has 2 N–H and O–H groups in total. The Labute approximate surface area is 202 Å². The standard InChI is InChI=1S/C28H27FN2O4/c1-34-25-9-5-4-8-23(25)30-27(32)26-17-20-16-21(10-11-24(20)35-26)28(33)12-14-31(15-13-28)18-19-6-2-3-7-22(19)29/h2-11,16-17,33H,12-15,18H2,1H3,(H,30,32). The number of anilines is 1. The molecule has 0 saturated carbocycles. The number of carbonyl (C=O) groups is 1. The zero-order valence-corrected chi connectivity index (χ0v) is 19.5. The Hall–Kier alpha value is -3.68. The van der Waals surface area contributed by atoms with Crippen LogP contribution in [0.4, 0.5) is 10.1 Å². The summed E-state index contributed by atoms with van der Waals surface area (Å²) in [5.41, 5.74) is 1.58. The van der Waals surface area contributed by atoms with Gasteiger partial charge in [0.2, 0.25) is 0 Å². The number of benzene rings is 3. The lowest BCUT2D eigenvalue weighted by molar-refractivity contribution is -0.0278. The predicted molar refractivity (Wildman–Crippen MR) is 132 cm³/mol. The van der Waals surface area contributed by atoms with Gasteiger partial charge in [0.15, 0.2) is 5.76 Å². The van der Waals surface area contributed by atoms with Gasteiger partial charge >= 0.3 is 0 Å². The average molecular weight is 475 g/mol. The number of amides is 1. The van der Waals surface area contributed by atoms with Crippen molar-refractivity contribution in [3.63, 3.8) is 0 Å². The lowest BCUT2D eigenvalue weighted by Crippen LogP contribution is -2.42. The highest BCUT2D eigenvalue weighted by Crippen LogP contribution is 2.35. The van der Waals surface area contributed by atoms with Crippen LogP contribution in [0.3, 0.4) is 0 Å². The molecule has 1 aliphatic heterocycles. The second-order valence-electron chi connectivity index (χ2n) is 8.92. The van der Waals surface area contributed by atoms with Crippen molar-refractivity contribution in [3.05, 3.63) is 95.5 Å². The summed E-state index contributed by atoms with van der Waals surface area (Å²) in [6.45, 7) is 1.83. The Morgan fingerprint density at radius 2 is 1.83 bits per heavy atom. The third kappa shape index (κ3) is 4.78. The van der Waals surface area contributed by atoms with E-state index in [1.54, 1.807) is 43.5 Å². The minimum absolute atomic E-state index is 0.176. The summed E-state index contributed by atoms with van der Waals surface area (Å²) in [6.07, 6.45) is 1.07. The number of nitrogens with zero attached hydrogens (tertiary/aromatic N) is 1. The number of likely N-dealkylation sites (tertiary alicyclic amines) is 1. The molecule has 6 nitrogen and oxygen atoms in total. The quantitative estimate of drug-likeness (QED) is 0.396. The molecule has 1 saturated heterocycles. The first-order valence-corrected chi connectivity index (χ1v) is 11.6. The van der Waals surface area contributed by atoms with E-state index in [2.05, 4.69) is 10.2 Å². The molecule has 35 heavy (non-hydrogen) atoms. The van der Waals surface area contributed by atoms with Gasteiger partial charge in [-0.3, -0.25) is 9.69 Å². The molecular weight excluding hydrogens is 447 g/mol. The maximum atomic E-state index is 14.0. The predicted octanol–water partition coefficient (Wildman–Crippen LogP) is 5.32. The number of ether oxygens (including phenoxy) is 1. The first-order valence-electron chi connectivity index (χ1n) is 11.6. The zero-order valence-electron chi connectivity index (χ0n) is 19.5. The van der Waals surface area contributed by atoms with Crippen LogP contribution in [0.5, 0.6) is 5.75 Å². The number of piperidine rings is 1. The Morgan fingerprint density at radius 1 is 1.09 bits per heavy atom. The van der Waals surface area contributed by atoms with Gasteiger partial charge in [-0.15, -0.1) is 0 Å². The highest BCUT2D eigenvalue weighted by Gasteiger charge is 2.34. The highest BCUT2D eigenvalue weighted by molar-refractivity contribution is 6.05. The number of aliphatic hydroxyl groups is 1. The van der Waals surface area contributed by atoms with Gasteiger partial charge in [0.25, 0.3) is 5.91 Å². The summed E-state index contributed by atoms with van der Waals surface area (Å²) in [7, 11) is 1.54. The van der Waals surface area contributed by atoms with Crippen molar-refractivity contribution >= 4 is 22.6 Å². The van der Waals surface area contributed by atoms with E-state index in [1.807, 2.05) is 30.3 Å². The molecule has 0 radical (unpaired) electrons. The number of rotatable bonds is 6. The molecule has 0 atom stereocenters. The number of carbonyl (C=O) groups excluding carboxylic acids is 1. The van der Waals surface area contributed by atoms with Crippen molar-refractivity contribution in [3.8, 4) is 5.75 Å². The number of halogens is 1. The van der Waals surface area contributed by atoms with Crippen molar-refractivity contribution in [2.24, 2.45) is 0 Å². The van der Waals surface area contributed by atoms with Crippen LogP contribution < -0.4 is 10.1 Å². The van der Waals surface area contributed by atoms with Gasteiger partial charge in [-0.2, -0.15) is 0 Å². The largest absolute Gasteiger partial charge is 0.495 e. The van der Waals surface area contributed by atoms with Crippen LogP contribution in [0.15, 0.2) is 77.2 Å². The fourth-order valence-electron chi connectivity index (χ4n) is 4.61. The average Bonchev–Trinajstić information content (AvgIpc) is 3.31. The van der Waals surface area contributed by atoms with Crippen molar-refractivity contribution in [2.45, 2.75) is 25.0 Å². The number of nitrogens with one attached hydrogen (secondary N) is 1. The van der Waals surface area contributed by atoms with Crippen LogP contribution in [0.1, 0.15) is 34.5 Å². The molecule has 2 heterocycles. The first-order chi connectivity index (χ1) is 16.9. The first kappa shape index (κ1) is 23.1. The fraction of sp³-hybridized carbons (Fsp3) is 0.250. The minimum atomic E-state index is -0.989. The van der Waals surface area contributed by atoms with E-state index in [1.165, 1.54) is 6.07 Å². The zero-order chi connectivity index (χ0) is 24.4. The van der Waals surface area contributed by atoms with Crippen LogP contribution in [0.25, 0.3) is 11.0 Å². The Morgan fingerprint density at radius 3 is 2.60 bits per heavy atom. The summed E-state index contributed by atoms with van der Waals surface area (Å²) < 4.78 is 25.1. The van der Waals surface area contributed by atoms with E-state index in [0.29, 0.717) is 55.1 Å². The molecule has 0 aliphatic carbocycles. The SMILES string of the molecule is COc1ccccc1NC(=O)c1cc2cc(C3(O)CCN(Cc4ccccc4F)CC3)ccc2o1. The molecule has 1 amide bonds. The molecule has 1 aliphatic rings.